The van der Waals surface area contributed by atoms with Crippen molar-refractivity contribution in [3.05, 3.63) is 54.1 Å². The Morgan fingerprint density at radius 3 is 2.33 bits per heavy atom. The maximum Gasteiger partial charge on any atom is 0.323 e. The third kappa shape index (κ3) is 4.24. The van der Waals surface area contributed by atoms with E-state index in [9.17, 15) is 4.79 Å². The van der Waals surface area contributed by atoms with Crippen molar-refractivity contribution in [2.45, 2.75) is 20.3 Å². The molecule has 0 aliphatic heterocycles. The van der Waals surface area contributed by atoms with E-state index in [4.69, 9.17) is 4.74 Å². The lowest BCUT2D eigenvalue weighted by Crippen LogP contribution is -2.20. The summed E-state index contributed by atoms with van der Waals surface area (Å²) in [4.78, 5) is 12.1. The molecule has 2 aromatic rings. The van der Waals surface area contributed by atoms with Gasteiger partial charge in [-0.15, -0.1) is 0 Å². The number of ether oxygens (including phenoxy) is 1. The molecule has 110 valence electrons. The van der Waals surface area contributed by atoms with Crippen LogP contribution in [0.2, 0.25) is 0 Å². The van der Waals surface area contributed by atoms with Gasteiger partial charge in [-0.05, 0) is 37.1 Å². The number of hydrogen-bond acceptors (Lipinski definition) is 2. The van der Waals surface area contributed by atoms with Crippen LogP contribution in [0, 0.1) is 6.92 Å². The summed E-state index contributed by atoms with van der Waals surface area (Å²) >= 11 is 0. The van der Waals surface area contributed by atoms with E-state index >= 15 is 0 Å². The van der Waals surface area contributed by atoms with E-state index in [-0.39, 0.29) is 6.03 Å². The quantitative estimate of drug-likeness (QED) is 0.853. The van der Waals surface area contributed by atoms with Gasteiger partial charge in [0.2, 0.25) is 0 Å². The number of urea groups is 1. The number of anilines is 2. The highest BCUT2D eigenvalue weighted by molar-refractivity contribution is 6.01. The van der Waals surface area contributed by atoms with Crippen molar-refractivity contribution in [2.24, 2.45) is 0 Å². The minimum Gasteiger partial charge on any atom is -0.491 e. The molecule has 0 aromatic heterocycles. The molecule has 0 unspecified atom stereocenters. The molecule has 0 spiro atoms. The topological polar surface area (TPSA) is 50.4 Å². The van der Waals surface area contributed by atoms with Gasteiger partial charge in [0, 0.05) is 5.69 Å². The van der Waals surface area contributed by atoms with E-state index in [1.54, 1.807) is 0 Å². The highest BCUT2D eigenvalue weighted by Gasteiger charge is 2.08. The standard InChI is InChI=1S/C17H20N2O2/c1-3-12-21-16-11-7-6-10-15(16)19-17(20)18-14-9-5-4-8-13(14)2/h4-11H,3,12H2,1-2H3,(H2,18,19,20). The van der Waals surface area contributed by atoms with Crippen molar-refractivity contribution in [3.63, 3.8) is 0 Å². The lowest BCUT2D eigenvalue weighted by molar-refractivity contribution is 0.262. The first-order valence-electron chi connectivity index (χ1n) is 7.06. The van der Waals surface area contributed by atoms with E-state index in [0.717, 1.165) is 17.7 Å². The summed E-state index contributed by atoms with van der Waals surface area (Å²) in [6.45, 7) is 4.62. The van der Waals surface area contributed by atoms with Crippen LogP contribution in [0.3, 0.4) is 0 Å². The molecule has 0 fully saturated rings. The summed E-state index contributed by atoms with van der Waals surface area (Å²) in [7, 11) is 0. The largest absolute Gasteiger partial charge is 0.491 e. The Balaban J connectivity index is 2.04. The Hall–Kier alpha value is -2.49. The second-order valence-corrected chi connectivity index (χ2v) is 4.74. The number of carbonyl (C=O) groups excluding carboxylic acids is 1. The molecule has 0 aliphatic carbocycles. The monoisotopic (exact) mass is 284 g/mol. The fraction of sp³-hybridized carbons (Fsp3) is 0.235. The van der Waals surface area contributed by atoms with Crippen LogP contribution in [-0.2, 0) is 0 Å². The molecular formula is C17H20N2O2. The molecule has 0 aliphatic rings. The average Bonchev–Trinajstić information content (AvgIpc) is 2.49. The van der Waals surface area contributed by atoms with Gasteiger partial charge < -0.3 is 15.4 Å². The van der Waals surface area contributed by atoms with Crippen LogP contribution in [0.25, 0.3) is 0 Å². The normalized spacial score (nSPS) is 10.0. The lowest BCUT2D eigenvalue weighted by atomic mass is 10.2. The fourth-order valence-electron chi connectivity index (χ4n) is 1.90. The minimum atomic E-state index is -0.281. The maximum atomic E-state index is 12.1. The number of rotatable bonds is 5. The molecule has 2 amide bonds. The Labute approximate surface area is 125 Å². The molecule has 2 aromatic carbocycles. The number of amides is 2. The lowest BCUT2D eigenvalue weighted by Gasteiger charge is -2.13. The van der Waals surface area contributed by atoms with Crippen molar-refractivity contribution in [3.8, 4) is 5.75 Å². The SMILES string of the molecule is CCCOc1ccccc1NC(=O)Nc1ccccc1C. The van der Waals surface area contributed by atoms with E-state index in [1.807, 2.05) is 62.4 Å². The van der Waals surface area contributed by atoms with Gasteiger partial charge in [-0.25, -0.2) is 4.79 Å². The summed E-state index contributed by atoms with van der Waals surface area (Å²) in [6, 6.07) is 14.8. The van der Waals surface area contributed by atoms with Crippen molar-refractivity contribution in [1.29, 1.82) is 0 Å². The van der Waals surface area contributed by atoms with Crippen LogP contribution in [0.15, 0.2) is 48.5 Å². The molecule has 21 heavy (non-hydrogen) atoms. The molecule has 0 atom stereocenters. The second kappa shape index (κ2) is 7.33. The predicted octanol–water partition coefficient (Wildman–Crippen LogP) is 4.43. The summed E-state index contributed by atoms with van der Waals surface area (Å²) in [5.41, 5.74) is 2.47. The smallest absolute Gasteiger partial charge is 0.323 e. The first-order valence-corrected chi connectivity index (χ1v) is 7.06. The average molecular weight is 284 g/mol. The zero-order valence-corrected chi connectivity index (χ0v) is 12.3. The molecule has 4 heteroatoms. The zero-order chi connectivity index (χ0) is 15.1. The first kappa shape index (κ1) is 14.9. The van der Waals surface area contributed by atoms with E-state index in [2.05, 4.69) is 10.6 Å². The zero-order valence-electron chi connectivity index (χ0n) is 12.3. The van der Waals surface area contributed by atoms with Crippen molar-refractivity contribution >= 4 is 17.4 Å². The van der Waals surface area contributed by atoms with Gasteiger partial charge in [0.25, 0.3) is 0 Å². The molecule has 0 saturated carbocycles. The predicted molar refractivity (Wildman–Crippen MR) is 86.0 cm³/mol. The molecule has 0 bridgehead atoms. The number of nitrogens with one attached hydrogen (secondary N) is 2. The molecule has 2 rings (SSSR count). The maximum absolute atomic E-state index is 12.1. The molecule has 4 nitrogen and oxygen atoms in total. The van der Waals surface area contributed by atoms with Crippen molar-refractivity contribution in [1.82, 2.24) is 0 Å². The van der Waals surface area contributed by atoms with Gasteiger partial charge in [0.15, 0.2) is 0 Å². The Bertz CT molecular complexity index is 611. The third-order valence-corrected chi connectivity index (χ3v) is 2.99. The second-order valence-electron chi connectivity index (χ2n) is 4.74. The third-order valence-electron chi connectivity index (χ3n) is 2.99. The number of benzene rings is 2. The van der Waals surface area contributed by atoms with Crippen LogP contribution in [0.5, 0.6) is 5.75 Å². The Morgan fingerprint density at radius 2 is 1.62 bits per heavy atom. The van der Waals surface area contributed by atoms with E-state index in [0.29, 0.717) is 18.0 Å². The first-order chi connectivity index (χ1) is 10.2. The molecular weight excluding hydrogens is 264 g/mol. The molecule has 0 saturated heterocycles. The van der Waals surface area contributed by atoms with Crippen LogP contribution >= 0.6 is 0 Å². The summed E-state index contributed by atoms with van der Waals surface area (Å²) in [5.74, 6) is 0.680. The van der Waals surface area contributed by atoms with Crippen LogP contribution in [0.1, 0.15) is 18.9 Å². The van der Waals surface area contributed by atoms with Gasteiger partial charge in [0.05, 0.1) is 12.3 Å². The van der Waals surface area contributed by atoms with Crippen molar-refractivity contribution in [2.75, 3.05) is 17.2 Å². The Morgan fingerprint density at radius 1 is 1.00 bits per heavy atom. The molecule has 2 N–H and O–H groups in total. The van der Waals surface area contributed by atoms with Gasteiger partial charge in [-0.2, -0.15) is 0 Å². The number of hydrogen-bond donors (Lipinski definition) is 2. The minimum absolute atomic E-state index is 0.281. The summed E-state index contributed by atoms with van der Waals surface area (Å²) in [6.07, 6.45) is 0.920. The summed E-state index contributed by atoms with van der Waals surface area (Å²) in [5, 5.41) is 5.66. The van der Waals surface area contributed by atoms with E-state index in [1.165, 1.54) is 0 Å². The van der Waals surface area contributed by atoms with Gasteiger partial charge in [-0.3, -0.25) is 0 Å². The van der Waals surface area contributed by atoms with Gasteiger partial charge in [0.1, 0.15) is 5.75 Å². The van der Waals surface area contributed by atoms with Crippen LogP contribution < -0.4 is 15.4 Å². The van der Waals surface area contributed by atoms with Crippen LogP contribution in [0.4, 0.5) is 16.2 Å². The van der Waals surface area contributed by atoms with Gasteiger partial charge >= 0.3 is 6.03 Å². The highest BCUT2D eigenvalue weighted by atomic mass is 16.5. The summed E-state index contributed by atoms with van der Waals surface area (Å²) < 4.78 is 5.62. The molecule has 0 heterocycles. The Kier molecular flexibility index (Phi) is 5.21. The highest BCUT2D eigenvalue weighted by Crippen LogP contribution is 2.24. The van der Waals surface area contributed by atoms with Crippen molar-refractivity contribution < 1.29 is 9.53 Å². The van der Waals surface area contributed by atoms with E-state index < -0.39 is 0 Å². The number of para-hydroxylation sites is 3. The fourth-order valence-corrected chi connectivity index (χ4v) is 1.90. The number of carbonyl (C=O) groups is 1. The van der Waals surface area contributed by atoms with Gasteiger partial charge in [-0.1, -0.05) is 37.3 Å². The molecule has 0 radical (unpaired) electrons. The van der Waals surface area contributed by atoms with Crippen LogP contribution in [-0.4, -0.2) is 12.6 Å². The number of aryl methyl sites for hydroxylation is 1.